The van der Waals surface area contributed by atoms with Gasteiger partial charge in [0.25, 0.3) is 0 Å². The summed E-state index contributed by atoms with van der Waals surface area (Å²) < 4.78 is 0. The minimum atomic E-state index is -0.290. The van der Waals surface area contributed by atoms with Crippen molar-refractivity contribution in [3.63, 3.8) is 0 Å². The standard InChI is InChI=1S/C20H26N4O4/c1-15(25)16-5-7-17(8-6-16)22-10-12-23(13-11-22)18(26)4-3-9-24-19(27)14-21(2)20(24)28/h5-8H,3-4,9-14H2,1-2H3. The summed E-state index contributed by atoms with van der Waals surface area (Å²) in [5.41, 5.74) is 1.74. The third-order valence-electron chi connectivity index (χ3n) is 5.27. The van der Waals surface area contributed by atoms with Gasteiger partial charge in [-0.05, 0) is 37.6 Å². The van der Waals surface area contributed by atoms with Gasteiger partial charge in [-0.25, -0.2) is 4.79 Å². The Morgan fingerprint density at radius 1 is 1.00 bits per heavy atom. The molecular weight excluding hydrogens is 360 g/mol. The number of hydrogen-bond acceptors (Lipinski definition) is 5. The number of benzene rings is 1. The Bertz CT molecular complexity index is 769. The normalized spacial score (nSPS) is 17.5. The number of urea groups is 1. The van der Waals surface area contributed by atoms with Crippen molar-refractivity contribution in [2.45, 2.75) is 19.8 Å². The molecule has 0 radical (unpaired) electrons. The van der Waals surface area contributed by atoms with Crippen LogP contribution in [0.5, 0.6) is 0 Å². The zero-order chi connectivity index (χ0) is 20.3. The summed E-state index contributed by atoms with van der Waals surface area (Å²) in [6, 6.07) is 7.24. The van der Waals surface area contributed by atoms with E-state index in [1.165, 1.54) is 9.80 Å². The first-order valence-electron chi connectivity index (χ1n) is 9.56. The van der Waals surface area contributed by atoms with Gasteiger partial charge in [-0.15, -0.1) is 0 Å². The average Bonchev–Trinajstić information content (AvgIpc) is 2.94. The SMILES string of the molecule is CC(=O)c1ccc(N2CCN(C(=O)CCCN3C(=O)CN(C)C3=O)CC2)cc1. The highest BCUT2D eigenvalue weighted by molar-refractivity contribution is 6.01. The number of piperazine rings is 1. The van der Waals surface area contributed by atoms with Gasteiger partial charge in [-0.1, -0.05) is 0 Å². The van der Waals surface area contributed by atoms with Crippen molar-refractivity contribution in [3.05, 3.63) is 29.8 Å². The molecule has 2 fully saturated rings. The Morgan fingerprint density at radius 3 is 2.18 bits per heavy atom. The van der Waals surface area contributed by atoms with E-state index in [0.717, 1.165) is 18.8 Å². The predicted molar refractivity (Wildman–Crippen MR) is 104 cm³/mol. The molecule has 0 bridgehead atoms. The molecule has 1 aromatic rings. The average molecular weight is 386 g/mol. The van der Waals surface area contributed by atoms with Gasteiger partial charge < -0.3 is 14.7 Å². The van der Waals surface area contributed by atoms with Crippen LogP contribution >= 0.6 is 0 Å². The van der Waals surface area contributed by atoms with E-state index in [4.69, 9.17) is 0 Å². The molecule has 3 rings (SSSR count). The Hall–Kier alpha value is -2.90. The topological polar surface area (TPSA) is 81.2 Å². The van der Waals surface area contributed by atoms with E-state index in [2.05, 4.69) is 4.90 Å². The molecule has 0 aliphatic carbocycles. The van der Waals surface area contributed by atoms with Crippen LogP contribution in [0.3, 0.4) is 0 Å². The lowest BCUT2D eigenvalue weighted by Crippen LogP contribution is -2.48. The van der Waals surface area contributed by atoms with Crippen molar-refractivity contribution in [2.75, 3.05) is 51.2 Å². The van der Waals surface area contributed by atoms with E-state index in [1.54, 1.807) is 14.0 Å². The second kappa shape index (κ2) is 8.41. The fraction of sp³-hybridized carbons (Fsp3) is 0.500. The predicted octanol–water partition coefficient (Wildman–Crippen LogP) is 1.21. The Labute approximate surface area is 164 Å². The number of likely N-dealkylation sites (N-methyl/N-ethyl adjacent to an activating group) is 1. The number of carbonyl (C=O) groups is 4. The van der Waals surface area contributed by atoms with Crippen LogP contribution in [-0.4, -0.2) is 84.6 Å². The molecule has 0 saturated carbocycles. The molecule has 8 heteroatoms. The van der Waals surface area contributed by atoms with Gasteiger partial charge in [-0.2, -0.15) is 0 Å². The molecule has 150 valence electrons. The number of anilines is 1. The molecule has 1 aromatic carbocycles. The minimum Gasteiger partial charge on any atom is -0.368 e. The molecular formula is C20H26N4O4. The maximum Gasteiger partial charge on any atom is 0.326 e. The molecule has 4 amide bonds. The fourth-order valence-electron chi connectivity index (χ4n) is 3.56. The highest BCUT2D eigenvalue weighted by atomic mass is 16.2. The highest BCUT2D eigenvalue weighted by Gasteiger charge is 2.33. The number of Topliss-reactive ketones (excluding diaryl/α,β-unsaturated/α-hetero) is 1. The number of nitrogens with zero attached hydrogens (tertiary/aromatic N) is 4. The number of rotatable bonds is 6. The Morgan fingerprint density at radius 2 is 1.64 bits per heavy atom. The van der Waals surface area contributed by atoms with Gasteiger partial charge in [0.1, 0.15) is 6.54 Å². The number of ketones is 1. The van der Waals surface area contributed by atoms with Gasteiger partial charge in [0.2, 0.25) is 11.8 Å². The van der Waals surface area contributed by atoms with Crippen LogP contribution in [0.4, 0.5) is 10.5 Å². The monoisotopic (exact) mass is 386 g/mol. The first-order chi connectivity index (χ1) is 13.4. The molecule has 0 atom stereocenters. The number of imide groups is 1. The smallest absolute Gasteiger partial charge is 0.326 e. The molecule has 0 N–H and O–H groups in total. The summed E-state index contributed by atoms with van der Waals surface area (Å²) >= 11 is 0. The van der Waals surface area contributed by atoms with Gasteiger partial charge in [0.05, 0.1) is 0 Å². The number of carbonyl (C=O) groups excluding carboxylic acids is 4. The fourth-order valence-corrected chi connectivity index (χ4v) is 3.56. The summed E-state index contributed by atoms with van der Waals surface area (Å²) in [5.74, 6) is -0.102. The molecule has 0 spiro atoms. The molecule has 2 aliphatic rings. The third-order valence-corrected chi connectivity index (χ3v) is 5.27. The molecule has 0 aromatic heterocycles. The van der Waals surface area contributed by atoms with E-state index in [9.17, 15) is 19.2 Å². The lowest BCUT2D eigenvalue weighted by atomic mass is 10.1. The third kappa shape index (κ3) is 4.32. The molecule has 0 unspecified atom stereocenters. The molecule has 2 saturated heterocycles. The van der Waals surface area contributed by atoms with E-state index >= 15 is 0 Å². The van der Waals surface area contributed by atoms with Crippen LogP contribution in [0.15, 0.2) is 24.3 Å². The molecule has 8 nitrogen and oxygen atoms in total. The van der Waals surface area contributed by atoms with E-state index in [0.29, 0.717) is 31.5 Å². The summed E-state index contributed by atoms with van der Waals surface area (Å²) in [7, 11) is 1.60. The number of amides is 4. The maximum absolute atomic E-state index is 12.4. The zero-order valence-corrected chi connectivity index (χ0v) is 16.4. The van der Waals surface area contributed by atoms with Crippen molar-refractivity contribution < 1.29 is 19.2 Å². The molecule has 2 aliphatic heterocycles. The van der Waals surface area contributed by atoms with Crippen molar-refractivity contribution in [2.24, 2.45) is 0 Å². The lowest BCUT2D eigenvalue weighted by molar-refractivity contribution is -0.132. The maximum atomic E-state index is 12.4. The summed E-state index contributed by atoms with van der Waals surface area (Å²) in [4.78, 5) is 54.0. The van der Waals surface area contributed by atoms with Crippen molar-refractivity contribution in [1.29, 1.82) is 0 Å². The van der Waals surface area contributed by atoms with Gasteiger partial charge in [0, 0.05) is 57.4 Å². The van der Waals surface area contributed by atoms with Crippen LogP contribution in [0, 0.1) is 0 Å². The van der Waals surface area contributed by atoms with E-state index in [1.807, 2.05) is 29.2 Å². The number of hydrogen-bond donors (Lipinski definition) is 0. The van der Waals surface area contributed by atoms with Gasteiger partial charge in [0.15, 0.2) is 5.78 Å². The second-order valence-corrected chi connectivity index (χ2v) is 7.26. The van der Waals surface area contributed by atoms with Crippen LogP contribution in [0.2, 0.25) is 0 Å². The second-order valence-electron chi connectivity index (χ2n) is 7.26. The quantitative estimate of drug-likeness (QED) is 0.542. The Balaban J connectivity index is 1.43. The highest BCUT2D eigenvalue weighted by Crippen LogP contribution is 2.18. The van der Waals surface area contributed by atoms with Crippen molar-refractivity contribution in [1.82, 2.24) is 14.7 Å². The molecule has 2 heterocycles. The zero-order valence-electron chi connectivity index (χ0n) is 16.4. The van der Waals surface area contributed by atoms with Crippen LogP contribution in [-0.2, 0) is 9.59 Å². The first-order valence-corrected chi connectivity index (χ1v) is 9.56. The van der Waals surface area contributed by atoms with E-state index in [-0.39, 0.29) is 36.7 Å². The molecule has 28 heavy (non-hydrogen) atoms. The largest absolute Gasteiger partial charge is 0.368 e. The summed E-state index contributed by atoms with van der Waals surface area (Å²) in [5, 5.41) is 0. The van der Waals surface area contributed by atoms with Crippen LogP contribution in [0.1, 0.15) is 30.1 Å². The minimum absolute atomic E-state index is 0.0472. The van der Waals surface area contributed by atoms with Crippen molar-refractivity contribution >= 4 is 29.3 Å². The van der Waals surface area contributed by atoms with Gasteiger partial charge in [-0.3, -0.25) is 19.3 Å². The van der Waals surface area contributed by atoms with E-state index < -0.39 is 0 Å². The van der Waals surface area contributed by atoms with Crippen LogP contribution in [0.25, 0.3) is 0 Å². The lowest BCUT2D eigenvalue weighted by Gasteiger charge is -2.36. The Kier molecular flexibility index (Phi) is 5.96. The first kappa shape index (κ1) is 19.9. The van der Waals surface area contributed by atoms with Crippen molar-refractivity contribution in [3.8, 4) is 0 Å². The summed E-state index contributed by atoms with van der Waals surface area (Å²) in [6.45, 7) is 4.69. The summed E-state index contributed by atoms with van der Waals surface area (Å²) in [6.07, 6.45) is 0.810. The van der Waals surface area contributed by atoms with Crippen LogP contribution < -0.4 is 4.90 Å². The van der Waals surface area contributed by atoms with Gasteiger partial charge >= 0.3 is 6.03 Å².